The molecular weight excluding hydrogens is 298 g/mol. The number of pyridine rings is 1. The minimum Gasteiger partial charge on any atom is -0.490 e. The number of benzene rings is 1. The van der Waals surface area contributed by atoms with Crippen molar-refractivity contribution in [3.05, 3.63) is 48.3 Å². The summed E-state index contributed by atoms with van der Waals surface area (Å²) < 4.78 is 12.4. The van der Waals surface area contributed by atoms with Crippen LogP contribution in [0.4, 0.5) is 0 Å². The zero-order valence-electron chi connectivity index (χ0n) is 12.2. The highest BCUT2D eigenvalue weighted by Crippen LogP contribution is 2.27. The van der Waals surface area contributed by atoms with Gasteiger partial charge in [-0.1, -0.05) is 23.5 Å². The topological polar surface area (TPSA) is 70.3 Å². The zero-order chi connectivity index (χ0) is 15.4. The molecule has 3 aromatic rings. The number of rotatable bonds is 6. The summed E-state index contributed by atoms with van der Waals surface area (Å²) >= 11 is 1.52. The van der Waals surface area contributed by atoms with Crippen molar-refractivity contribution in [3.8, 4) is 10.9 Å². The largest absolute Gasteiger partial charge is 0.490 e. The molecule has 22 heavy (non-hydrogen) atoms. The second-order valence-corrected chi connectivity index (χ2v) is 6.02. The van der Waals surface area contributed by atoms with Crippen molar-refractivity contribution in [3.63, 3.8) is 0 Å². The highest BCUT2D eigenvalue weighted by Gasteiger charge is 2.09. The third-order valence-electron chi connectivity index (χ3n) is 3.01. The Labute approximate surface area is 132 Å². The minimum atomic E-state index is -0.229. The molecule has 0 fully saturated rings. The lowest BCUT2D eigenvalue weighted by Crippen LogP contribution is -2.34. The van der Waals surface area contributed by atoms with Crippen LogP contribution in [0.2, 0.25) is 0 Å². The Morgan fingerprint density at radius 1 is 1.18 bits per heavy atom. The van der Waals surface area contributed by atoms with E-state index in [9.17, 15) is 0 Å². The molecule has 0 spiro atoms. The Hall–Kier alpha value is -2.18. The van der Waals surface area contributed by atoms with E-state index in [0.717, 1.165) is 21.5 Å². The van der Waals surface area contributed by atoms with E-state index in [1.807, 2.05) is 37.3 Å². The van der Waals surface area contributed by atoms with E-state index in [2.05, 4.69) is 9.97 Å². The van der Waals surface area contributed by atoms with Gasteiger partial charge in [-0.25, -0.2) is 4.98 Å². The van der Waals surface area contributed by atoms with Crippen LogP contribution in [0.25, 0.3) is 10.2 Å². The average Bonchev–Trinajstić information content (AvgIpc) is 2.94. The second-order valence-electron chi connectivity index (χ2n) is 5.03. The van der Waals surface area contributed by atoms with E-state index in [4.69, 9.17) is 15.2 Å². The van der Waals surface area contributed by atoms with Crippen molar-refractivity contribution in [2.45, 2.75) is 13.0 Å². The Kier molecular flexibility index (Phi) is 4.50. The Morgan fingerprint density at radius 2 is 2.00 bits per heavy atom. The van der Waals surface area contributed by atoms with Crippen LogP contribution in [0, 0.1) is 6.92 Å². The maximum Gasteiger partial charge on any atom is 0.274 e. The predicted molar refractivity (Wildman–Crippen MR) is 87.6 cm³/mol. The van der Waals surface area contributed by atoms with Gasteiger partial charge in [-0.2, -0.15) is 0 Å². The SMILES string of the molecule is Cc1cncc(OCC(N)COc2nc3ccccc3s2)c1. The first-order valence-corrected chi connectivity index (χ1v) is 7.81. The molecule has 0 bridgehead atoms. The number of hydrogen-bond donors (Lipinski definition) is 1. The first kappa shape index (κ1) is 14.7. The number of nitrogens with two attached hydrogens (primary N) is 1. The lowest BCUT2D eigenvalue weighted by atomic mass is 10.3. The fraction of sp³-hybridized carbons (Fsp3) is 0.250. The summed E-state index contributed by atoms with van der Waals surface area (Å²) in [5.41, 5.74) is 8.00. The molecule has 0 aliphatic heterocycles. The molecule has 0 radical (unpaired) electrons. The molecule has 0 aliphatic rings. The molecule has 2 aromatic heterocycles. The number of hydrogen-bond acceptors (Lipinski definition) is 6. The number of ether oxygens (including phenoxy) is 2. The fourth-order valence-electron chi connectivity index (χ4n) is 1.95. The molecule has 0 saturated carbocycles. The molecule has 1 aromatic carbocycles. The fourth-order valence-corrected chi connectivity index (χ4v) is 2.77. The van der Waals surface area contributed by atoms with Gasteiger partial charge in [0.05, 0.1) is 22.5 Å². The Balaban J connectivity index is 1.50. The van der Waals surface area contributed by atoms with Crippen LogP contribution in [-0.2, 0) is 0 Å². The molecular formula is C16H17N3O2S. The number of aryl methyl sites for hydroxylation is 1. The number of aromatic nitrogens is 2. The van der Waals surface area contributed by atoms with Gasteiger partial charge in [0.2, 0.25) is 0 Å². The molecule has 3 rings (SSSR count). The van der Waals surface area contributed by atoms with Gasteiger partial charge in [0.25, 0.3) is 5.19 Å². The van der Waals surface area contributed by atoms with Crippen LogP contribution in [0.3, 0.4) is 0 Å². The van der Waals surface area contributed by atoms with Crippen LogP contribution < -0.4 is 15.2 Å². The summed E-state index contributed by atoms with van der Waals surface area (Å²) in [6.45, 7) is 2.70. The molecule has 2 heterocycles. The van der Waals surface area contributed by atoms with Gasteiger partial charge in [0.1, 0.15) is 19.0 Å². The lowest BCUT2D eigenvalue weighted by molar-refractivity contribution is 0.219. The zero-order valence-corrected chi connectivity index (χ0v) is 13.0. The first-order valence-electron chi connectivity index (χ1n) is 6.99. The molecule has 5 nitrogen and oxygen atoms in total. The van der Waals surface area contributed by atoms with Crippen molar-refractivity contribution >= 4 is 21.6 Å². The van der Waals surface area contributed by atoms with Gasteiger partial charge in [-0.05, 0) is 30.7 Å². The highest BCUT2D eigenvalue weighted by molar-refractivity contribution is 7.20. The van der Waals surface area contributed by atoms with Gasteiger partial charge in [0, 0.05) is 6.20 Å². The number of fused-ring (bicyclic) bond motifs is 1. The number of nitrogens with zero attached hydrogens (tertiary/aromatic N) is 2. The van der Waals surface area contributed by atoms with Gasteiger partial charge in [-0.15, -0.1) is 0 Å². The lowest BCUT2D eigenvalue weighted by Gasteiger charge is -2.13. The molecule has 114 valence electrons. The molecule has 0 amide bonds. The second kappa shape index (κ2) is 6.72. The molecule has 0 aliphatic carbocycles. The van der Waals surface area contributed by atoms with Gasteiger partial charge >= 0.3 is 0 Å². The van der Waals surface area contributed by atoms with Crippen LogP contribution in [0.5, 0.6) is 10.9 Å². The molecule has 2 N–H and O–H groups in total. The molecule has 1 unspecified atom stereocenters. The van der Waals surface area contributed by atoms with E-state index >= 15 is 0 Å². The molecule has 1 atom stereocenters. The third-order valence-corrected chi connectivity index (χ3v) is 3.96. The summed E-state index contributed by atoms with van der Waals surface area (Å²) in [7, 11) is 0. The summed E-state index contributed by atoms with van der Waals surface area (Å²) in [5, 5.41) is 0.633. The van der Waals surface area contributed by atoms with Crippen molar-refractivity contribution in [2.75, 3.05) is 13.2 Å². The average molecular weight is 315 g/mol. The number of thiazole rings is 1. The Morgan fingerprint density at radius 3 is 2.82 bits per heavy atom. The van der Waals surface area contributed by atoms with E-state index in [1.54, 1.807) is 12.4 Å². The maximum atomic E-state index is 6.01. The van der Waals surface area contributed by atoms with Gasteiger partial charge < -0.3 is 15.2 Å². The van der Waals surface area contributed by atoms with Crippen LogP contribution in [-0.4, -0.2) is 29.2 Å². The summed E-state index contributed by atoms with van der Waals surface area (Å²) in [6.07, 6.45) is 3.46. The predicted octanol–water partition coefficient (Wildman–Crippen LogP) is 2.78. The van der Waals surface area contributed by atoms with E-state index in [-0.39, 0.29) is 6.04 Å². The Bertz CT molecular complexity index is 727. The van der Waals surface area contributed by atoms with E-state index in [1.165, 1.54) is 11.3 Å². The highest BCUT2D eigenvalue weighted by atomic mass is 32.1. The normalized spacial score (nSPS) is 12.3. The van der Waals surface area contributed by atoms with Gasteiger partial charge in [-0.3, -0.25) is 4.98 Å². The molecule has 0 saturated heterocycles. The minimum absolute atomic E-state index is 0.229. The van der Waals surface area contributed by atoms with Crippen molar-refractivity contribution in [2.24, 2.45) is 5.73 Å². The smallest absolute Gasteiger partial charge is 0.274 e. The quantitative estimate of drug-likeness (QED) is 0.757. The summed E-state index contributed by atoms with van der Waals surface area (Å²) in [5.74, 6) is 0.718. The van der Waals surface area contributed by atoms with Crippen LogP contribution in [0.1, 0.15) is 5.56 Å². The number of para-hydroxylation sites is 1. The van der Waals surface area contributed by atoms with E-state index in [0.29, 0.717) is 18.4 Å². The summed E-state index contributed by atoms with van der Waals surface area (Å²) in [6, 6.07) is 9.63. The third kappa shape index (κ3) is 3.72. The van der Waals surface area contributed by atoms with Crippen LogP contribution >= 0.6 is 11.3 Å². The first-order chi connectivity index (χ1) is 10.7. The van der Waals surface area contributed by atoms with Crippen molar-refractivity contribution in [1.82, 2.24) is 9.97 Å². The van der Waals surface area contributed by atoms with E-state index < -0.39 is 0 Å². The van der Waals surface area contributed by atoms with Crippen molar-refractivity contribution in [1.29, 1.82) is 0 Å². The monoisotopic (exact) mass is 315 g/mol. The van der Waals surface area contributed by atoms with Crippen LogP contribution in [0.15, 0.2) is 42.7 Å². The maximum absolute atomic E-state index is 6.01. The summed E-state index contributed by atoms with van der Waals surface area (Å²) in [4.78, 5) is 8.48. The molecule has 6 heteroatoms. The standard InChI is InChI=1S/C16H17N3O2S/c1-11-6-13(8-18-7-11)20-9-12(17)10-21-16-19-14-4-2-3-5-15(14)22-16/h2-8,12H,9-10,17H2,1H3. The van der Waals surface area contributed by atoms with Gasteiger partial charge in [0.15, 0.2) is 0 Å². The van der Waals surface area contributed by atoms with Crippen molar-refractivity contribution < 1.29 is 9.47 Å².